The zero-order valence-electron chi connectivity index (χ0n) is 11.0. The minimum absolute atomic E-state index is 0.0169. The molecule has 0 aliphatic rings. The van der Waals surface area contributed by atoms with Gasteiger partial charge in [0, 0.05) is 11.8 Å². The summed E-state index contributed by atoms with van der Waals surface area (Å²) in [6.45, 7) is 0. The second kappa shape index (κ2) is 6.39. The molecule has 0 aromatic heterocycles. The Kier molecular flexibility index (Phi) is 4.58. The fraction of sp³-hybridized carbons (Fsp3) is 0.200. The number of methoxy groups -OCH3 is 1. The molecule has 2 rings (SSSR count). The molecule has 4 nitrogen and oxygen atoms in total. The Morgan fingerprint density at radius 3 is 2.75 bits per heavy atom. The van der Waals surface area contributed by atoms with Gasteiger partial charge in [-0.05, 0) is 17.4 Å². The Balaban J connectivity index is 2.22. The normalized spacial score (nSPS) is 11.6. The summed E-state index contributed by atoms with van der Waals surface area (Å²) in [5.41, 5.74) is 0.882. The van der Waals surface area contributed by atoms with Crippen LogP contribution in [0.25, 0.3) is 10.8 Å². The minimum Gasteiger partial charge on any atom is -0.464 e. The molecular formula is C15H14ClNO3. The number of hydrogen-bond acceptors (Lipinski definition) is 4. The molecule has 1 N–H and O–H groups in total. The Bertz CT molecular complexity index is 667. The van der Waals surface area contributed by atoms with Crippen LogP contribution in [-0.4, -0.2) is 24.0 Å². The fourth-order valence-corrected chi connectivity index (χ4v) is 2.37. The molecule has 2 aromatic carbocycles. The van der Waals surface area contributed by atoms with Gasteiger partial charge in [-0.15, -0.1) is 0 Å². The van der Waals surface area contributed by atoms with E-state index in [4.69, 9.17) is 16.8 Å². The van der Waals surface area contributed by atoms with E-state index in [1.165, 1.54) is 7.11 Å². The van der Waals surface area contributed by atoms with Crippen molar-refractivity contribution in [2.75, 3.05) is 7.11 Å². The number of hydrogen-bond donors (Lipinski definition) is 1. The van der Waals surface area contributed by atoms with Crippen molar-refractivity contribution in [3.63, 3.8) is 0 Å². The number of benzene rings is 2. The summed E-state index contributed by atoms with van der Waals surface area (Å²) in [5.74, 6) is -0.635. The largest absolute Gasteiger partial charge is 0.464 e. The lowest BCUT2D eigenvalue weighted by Gasteiger charge is -2.08. The maximum absolute atomic E-state index is 11.3. The molecule has 0 spiro atoms. The third-order valence-corrected chi connectivity index (χ3v) is 3.56. The van der Waals surface area contributed by atoms with Crippen molar-refractivity contribution in [3.05, 3.63) is 47.0 Å². The van der Waals surface area contributed by atoms with Crippen LogP contribution in [-0.2, 0) is 16.0 Å². The zero-order valence-corrected chi connectivity index (χ0v) is 11.7. The standard InChI is InChI=1S/C15H14ClNO3/c1-20-15(18)13(17-19)9-8-11-7-6-10-4-2-3-5-12(10)14(11)16/h2-7,19H,8-9H2,1H3/b17-13+. The van der Waals surface area contributed by atoms with E-state index in [1.807, 2.05) is 36.4 Å². The molecule has 5 heteroatoms. The number of rotatable bonds is 4. The monoisotopic (exact) mass is 291 g/mol. The molecule has 0 radical (unpaired) electrons. The van der Waals surface area contributed by atoms with Gasteiger partial charge < -0.3 is 9.94 Å². The van der Waals surface area contributed by atoms with Crippen molar-refractivity contribution in [2.45, 2.75) is 12.8 Å². The van der Waals surface area contributed by atoms with Crippen LogP contribution in [0.15, 0.2) is 41.6 Å². The van der Waals surface area contributed by atoms with Gasteiger partial charge in [0.25, 0.3) is 0 Å². The first kappa shape index (κ1) is 14.3. The van der Waals surface area contributed by atoms with E-state index < -0.39 is 5.97 Å². The maximum atomic E-state index is 11.3. The number of esters is 1. The lowest BCUT2D eigenvalue weighted by atomic mass is 10.0. The SMILES string of the molecule is COC(=O)/C(CCc1ccc2ccccc2c1Cl)=N/O. The van der Waals surface area contributed by atoms with Gasteiger partial charge >= 0.3 is 5.97 Å². The summed E-state index contributed by atoms with van der Waals surface area (Å²) in [6.07, 6.45) is 0.763. The van der Waals surface area contributed by atoms with Crippen LogP contribution >= 0.6 is 11.6 Å². The third kappa shape index (κ3) is 2.91. The van der Waals surface area contributed by atoms with Crippen molar-refractivity contribution in [2.24, 2.45) is 5.16 Å². The van der Waals surface area contributed by atoms with Crippen molar-refractivity contribution >= 4 is 34.1 Å². The van der Waals surface area contributed by atoms with E-state index in [0.29, 0.717) is 11.4 Å². The summed E-state index contributed by atoms with van der Waals surface area (Å²) in [6, 6.07) is 11.7. The van der Waals surface area contributed by atoms with Crippen LogP contribution in [0.1, 0.15) is 12.0 Å². The highest BCUT2D eigenvalue weighted by Crippen LogP contribution is 2.28. The number of nitrogens with zero attached hydrogens (tertiary/aromatic N) is 1. The molecule has 0 fully saturated rings. The van der Waals surface area contributed by atoms with Gasteiger partial charge in [0.05, 0.1) is 12.1 Å². The maximum Gasteiger partial charge on any atom is 0.355 e. The van der Waals surface area contributed by atoms with Crippen LogP contribution in [0.5, 0.6) is 0 Å². The molecule has 0 heterocycles. The van der Waals surface area contributed by atoms with Crippen LogP contribution < -0.4 is 0 Å². The summed E-state index contributed by atoms with van der Waals surface area (Å²) < 4.78 is 4.53. The first-order chi connectivity index (χ1) is 9.67. The average molecular weight is 292 g/mol. The highest BCUT2D eigenvalue weighted by atomic mass is 35.5. The number of ether oxygens (including phenoxy) is 1. The van der Waals surface area contributed by atoms with Crippen molar-refractivity contribution < 1.29 is 14.7 Å². The van der Waals surface area contributed by atoms with Crippen molar-refractivity contribution in [3.8, 4) is 0 Å². The second-order valence-corrected chi connectivity index (χ2v) is 4.68. The number of carbonyl (C=O) groups excluding carboxylic acids is 1. The van der Waals surface area contributed by atoms with Gasteiger partial charge in [-0.1, -0.05) is 53.2 Å². The average Bonchev–Trinajstić information content (AvgIpc) is 2.49. The zero-order chi connectivity index (χ0) is 14.5. The molecule has 20 heavy (non-hydrogen) atoms. The predicted octanol–water partition coefficient (Wildman–Crippen LogP) is 3.43. The molecule has 0 atom stereocenters. The lowest BCUT2D eigenvalue weighted by molar-refractivity contribution is -0.133. The molecule has 2 aromatic rings. The highest BCUT2D eigenvalue weighted by molar-refractivity contribution is 6.37. The molecular weight excluding hydrogens is 278 g/mol. The number of halogens is 1. The minimum atomic E-state index is -0.635. The molecule has 0 aliphatic heterocycles. The summed E-state index contributed by atoms with van der Waals surface area (Å²) in [7, 11) is 1.25. The van der Waals surface area contributed by atoms with Gasteiger partial charge in [-0.2, -0.15) is 0 Å². The fourth-order valence-electron chi connectivity index (χ4n) is 2.04. The van der Waals surface area contributed by atoms with Crippen LogP contribution in [0.2, 0.25) is 5.02 Å². The first-order valence-electron chi connectivity index (χ1n) is 6.12. The van der Waals surface area contributed by atoms with Crippen molar-refractivity contribution in [1.29, 1.82) is 0 Å². The summed E-state index contributed by atoms with van der Waals surface area (Å²) in [4.78, 5) is 11.3. The Morgan fingerprint density at radius 1 is 1.30 bits per heavy atom. The molecule has 0 saturated heterocycles. The van der Waals surface area contributed by atoms with Gasteiger partial charge in [0.1, 0.15) is 0 Å². The van der Waals surface area contributed by atoms with E-state index in [-0.39, 0.29) is 12.1 Å². The number of aryl methyl sites for hydroxylation is 1. The molecule has 0 unspecified atom stereocenters. The van der Waals surface area contributed by atoms with Gasteiger partial charge in [0.2, 0.25) is 0 Å². The topological polar surface area (TPSA) is 58.9 Å². The molecule has 0 amide bonds. The predicted molar refractivity (Wildman–Crippen MR) is 78.5 cm³/mol. The van der Waals surface area contributed by atoms with Crippen LogP contribution in [0.4, 0.5) is 0 Å². The quantitative estimate of drug-likeness (QED) is 0.406. The van der Waals surface area contributed by atoms with Gasteiger partial charge in [-0.25, -0.2) is 4.79 Å². The molecule has 104 valence electrons. The van der Waals surface area contributed by atoms with Crippen molar-refractivity contribution in [1.82, 2.24) is 0 Å². The highest BCUT2D eigenvalue weighted by Gasteiger charge is 2.14. The Hall–Kier alpha value is -2.07. The molecule has 0 saturated carbocycles. The van der Waals surface area contributed by atoms with Gasteiger partial charge in [0.15, 0.2) is 5.71 Å². The van der Waals surface area contributed by atoms with E-state index in [0.717, 1.165) is 16.3 Å². The second-order valence-electron chi connectivity index (χ2n) is 4.30. The Morgan fingerprint density at radius 2 is 2.05 bits per heavy atom. The number of oxime groups is 1. The van der Waals surface area contributed by atoms with Crippen LogP contribution in [0, 0.1) is 0 Å². The summed E-state index contributed by atoms with van der Waals surface area (Å²) in [5, 5.41) is 14.4. The molecule has 0 bridgehead atoms. The van der Waals surface area contributed by atoms with Crippen LogP contribution in [0.3, 0.4) is 0 Å². The van der Waals surface area contributed by atoms with E-state index in [9.17, 15) is 4.79 Å². The number of fused-ring (bicyclic) bond motifs is 1. The first-order valence-corrected chi connectivity index (χ1v) is 6.50. The molecule has 0 aliphatic carbocycles. The van der Waals surface area contributed by atoms with E-state index in [1.54, 1.807) is 0 Å². The smallest absolute Gasteiger partial charge is 0.355 e. The summed E-state index contributed by atoms with van der Waals surface area (Å²) >= 11 is 6.36. The van der Waals surface area contributed by atoms with E-state index in [2.05, 4.69) is 9.89 Å². The van der Waals surface area contributed by atoms with Gasteiger partial charge in [-0.3, -0.25) is 0 Å². The van der Waals surface area contributed by atoms with E-state index >= 15 is 0 Å². The third-order valence-electron chi connectivity index (χ3n) is 3.12. The lowest BCUT2D eigenvalue weighted by Crippen LogP contribution is -2.16. The number of carbonyl (C=O) groups is 1. The Labute approximate surface area is 121 Å².